The van der Waals surface area contributed by atoms with Crippen LogP contribution in [0.15, 0.2) is 35.1 Å². The van der Waals surface area contributed by atoms with Crippen molar-refractivity contribution in [1.82, 2.24) is 5.16 Å². The van der Waals surface area contributed by atoms with E-state index in [1.807, 2.05) is 0 Å². The molecule has 7 heteroatoms. The lowest BCUT2D eigenvalue weighted by Crippen LogP contribution is -2.06. The topological polar surface area (TPSA) is 61.3 Å². The average molecular weight is 258 g/mol. The van der Waals surface area contributed by atoms with Crippen LogP contribution in [0.2, 0.25) is 0 Å². The summed E-state index contributed by atoms with van der Waals surface area (Å²) >= 11 is 0. The zero-order chi connectivity index (χ0) is 13.2. The summed E-state index contributed by atoms with van der Waals surface area (Å²) < 4.78 is 47.0. The van der Waals surface area contributed by atoms with Crippen LogP contribution in [-0.2, 0) is 12.8 Å². The van der Waals surface area contributed by atoms with Gasteiger partial charge in [-0.25, -0.2) is 0 Å². The van der Waals surface area contributed by atoms with Crippen LogP contribution in [0.5, 0.6) is 5.75 Å². The first-order valence-corrected chi connectivity index (χ1v) is 4.95. The van der Waals surface area contributed by atoms with Gasteiger partial charge in [-0.2, -0.15) is 13.2 Å². The van der Waals surface area contributed by atoms with E-state index in [0.717, 1.165) is 12.1 Å². The van der Waals surface area contributed by atoms with E-state index in [1.54, 1.807) is 6.07 Å². The Balaban J connectivity index is 2.10. The molecule has 0 saturated carbocycles. The summed E-state index contributed by atoms with van der Waals surface area (Å²) in [5.41, 5.74) is 5.12. The van der Waals surface area contributed by atoms with Crippen molar-refractivity contribution in [3.8, 4) is 5.75 Å². The highest BCUT2D eigenvalue weighted by Gasteiger charge is 2.30. The van der Waals surface area contributed by atoms with Gasteiger partial charge in [-0.1, -0.05) is 5.16 Å². The predicted octanol–water partition coefficient (Wildman–Crippen LogP) is 2.85. The van der Waals surface area contributed by atoms with Crippen molar-refractivity contribution in [3.63, 3.8) is 0 Å². The molecule has 96 valence electrons. The highest BCUT2D eigenvalue weighted by molar-refractivity contribution is 5.54. The molecule has 0 radical (unpaired) electrons. The molecule has 0 fully saturated rings. The van der Waals surface area contributed by atoms with E-state index in [4.69, 9.17) is 10.5 Å². The number of hydrogen-bond acceptors (Lipinski definition) is 4. The van der Waals surface area contributed by atoms with Gasteiger partial charge in [-0.05, 0) is 18.2 Å². The predicted molar refractivity (Wildman–Crippen MR) is 56.7 cm³/mol. The molecule has 0 aliphatic rings. The van der Waals surface area contributed by atoms with Gasteiger partial charge in [0.1, 0.15) is 24.3 Å². The van der Waals surface area contributed by atoms with Crippen molar-refractivity contribution in [1.29, 1.82) is 0 Å². The van der Waals surface area contributed by atoms with Gasteiger partial charge in [0.15, 0.2) is 0 Å². The molecular weight excluding hydrogens is 249 g/mol. The molecule has 0 amide bonds. The molecule has 0 saturated heterocycles. The Morgan fingerprint density at radius 2 is 2.06 bits per heavy atom. The van der Waals surface area contributed by atoms with Gasteiger partial charge in [0.2, 0.25) is 0 Å². The van der Waals surface area contributed by atoms with Crippen molar-refractivity contribution < 1.29 is 22.4 Å². The summed E-state index contributed by atoms with van der Waals surface area (Å²) in [5, 5.41) is 3.60. The first-order valence-electron chi connectivity index (χ1n) is 4.95. The first-order chi connectivity index (χ1) is 8.47. The molecule has 0 spiro atoms. The number of ether oxygens (including phenoxy) is 1. The lowest BCUT2D eigenvalue weighted by atomic mass is 10.2. The van der Waals surface area contributed by atoms with Crippen LogP contribution in [0.3, 0.4) is 0 Å². The molecule has 2 rings (SSSR count). The van der Waals surface area contributed by atoms with Gasteiger partial charge >= 0.3 is 6.18 Å². The van der Waals surface area contributed by atoms with Crippen LogP contribution in [0, 0.1) is 0 Å². The number of alkyl halides is 3. The third-order valence-electron chi connectivity index (χ3n) is 2.20. The van der Waals surface area contributed by atoms with Gasteiger partial charge < -0.3 is 15.0 Å². The Kier molecular flexibility index (Phi) is 3.14. The number of nitrogen functional groups attached to an aromatic ring is 1. The zero-order valence-electron chi connectivity index (χ0n) is 9.07. The Bertz CT molecular complexity index is 524. The van der Waals surface area contributed by atoms with E-state index in [0.29, 0.717) is 5.69 Å². The quantitative estimate of drug-likeness (QED) is 0.860. The molecule has 1 aromatic heterocycles. The van der Waals surface area contributed by atoms with Crippen LogP contribution in [0.25, 0.3) is 0 Å². The SMILES string of the molecule is Nc1cc(C(F)(F)F)ccc1OCc1ccon1. The first kappa shape index (κ1) is 12.3. The fourth-order valence-electron chi connectivity index (χ4n) is 1.32. The molecule has 2 aromatic rings. The van der Waals surface area contributed by atoms with Crippen molar-refractivity contribution in [2.45, 2.75) is 12.8 Å². The van der Waals surface area contributed by atoms with Gasteiger partial charge in [0, 0.05) is 6.07 Å². The summed E-state index contributed by atoms with van der Waals surface area (Å²) in [6.07, 6.45) is -3.05. The lowest BCUT2D eigenvalue weighted by Gasteiger charge is -2.11. The summed E-state index contributed by atoms with van der Waals surface area (Å²) in [6.45, 7) is 0.0755. The number of halogens is 3. The molecule has 18 heavy (non-hydrogen) atoms. The van der Waals surface area contributed by atoms with Crippen LogP contribution in [0.4, 0.5) is 18.9 Å². The molecule has 0 aliphatic heterocycles. The van der Waals surface area contributed by atoms with Crippen LogP contribution < -0.4 is 10.5 Å². The Hall–Kier alpha value is -2.18. The van der Waals surface area contributed by atoms with E-state index in [9.17, 15) is 13.2 Å². The third-order valence-corrected chi connectivity index (χ3v) is 2.20. The largest absolute Gasteiger partial charge is 0.485 e. The van der Waals surface area contributed by atoms with Crippen LogP contribution in [0.1, 0.15) is 11.3 Å². The second-order valence-corrected chi connectivity index (χ2v) is 3.53. The molecule has 1 heterocycles. The maximum Gasteiger partial charge on any atom is 0.416 e. The maximum atomic E-state index is 12.4. The number of aromatic nitrogens is 1. The molecule has 2 N–H and O–H groups in total. The van der Waals surface area contributed by atoms with Crippen molar-refractivity contribution in [3.05, 3.63) is 41.8 Å². The molecule has 0 unspecified atom stereocenters. The second-order valence-electron chi connectivity index (χ2n) is 3.53. The summed E-state index contributed by atoms with van der Waals surface area (Å²) in [7, 11) is 0. The summed E-state index contributed by atoms with van der Waals surface area (Å²) in [5.74, 6) is 0.172. The van der Waals surface area contributed by atoms with Gasteiger partial charge in [-0.15, -0.1) is 0 Å². The standard InChI is InChI=1S/C11H9F3N2O2/c12-11(13,14)7-1-2-10(9(15)5-7)17-6-8-3-4-18-16-8/h1-5H,6,15H2. The van der Waals surface area contributed by atoms with Gasteiger partial charge in [0.05, 0.1) is 11.3 Å². The number of hydrogen-bond donors (Lipinski definition) is 1. The molecule has 1 aromatic carbocycles. The van der Waals surface area contributed by atoms with Crippen molar-refractivity contribution >= 4 is 5.69 Å². The maximum absolute atomic E-state index is 12.4. The number of benzene rings is 1. The Labute approximate surface area is 100 Å². The van der Waals surface area contributed by atoms with Crippen molar-refractivity contribution in [2.24, 2.45) is 0 Å². The van der Waals surface area contributed by atoms with E-state index in [1.165, 1.54) is 12.3 Å². The molecule has 0 atom stereocenters. The fourth-order valence-corrected chi connectivity index (χ4v) is 1.32. The Morgan fingerprint density at radius 3 is 2.61 bits per heavy atom. The highest BCUT2D eigenvalue weighted by Crippen LogP contribution is 2.33. The monoisotopic (exact) mass is 258 g/mol. The molecule has 0 aliphatic carbocycles. The van der Waals surface area contributed by atoms with Gasteiger partial charge in [0.25, 0.3) is 0 Å². The lowest BCUT2D eigenvalue weighted by molar-refractivity contribution is -0.137. The van der Waals surface area contributed by atoms with Crippen molar-refractivity contribution in [2.75, 3.05) is 5.73 Å². The zero-order valence-corrected chi connectivity index (χ0v) is 9.07. The van der Waals surface area contributed by atoms with Crippen LogP contribution >= 0.6 is 0 Å². The second kappa shape index (κ2) is 4.59. The van der Waals surface area contributed by atoms with E-state index < -0.39 is 11.7 Å². The molecule has 0 bridgehead atoms. The molecular formula is C11H9F3N2O2. The van der Waals surface area contributed by atoms with E-state index in [-0.39, 0.29) is 18.0 Å². The summed E-state index contributed by atoms with van der Waals surface area (Å²) in [4.78, 5) is 0. The summed E-state index contributed by atoms with van der Waals surface area (Å²) in [6, 6.07) is 4.51. The third kappa shape index (κ3) is 2.73. The smallest absolute Gasteiger partial charge is 0.416 e. The number of rotatable bonds is 3. The highest BCUT2D eigenvalue weighted by atomic mass is 19.4. The minimum Gasteiger partial charge on any atom is -0.485 e. The Morgan fingerprint density at radius 1 is 1.28 bits per heavy atom. The minimum atomic E-state index is -4.42. The van der Waals surface area contributed by atoms with E-state index >= 15 is 0 Å². The van der Waals surface area contributed by atoms with Crippen LogP contribution in [-0.4, -0.2) is 5.16 Å². The normalized spacial score (nSPS) is 11.5. The fraction of sp³-hybridized carbons (Fsp3) is 0.182. The molecule has 4 nitrogen and oxygen atoms in total. The number of nitrogens with zero attached hydrogens (tertiary/aromatic N) is 1. The van der Waals surface area contributed by atoms with E-state index in [2.05, 4.69) is 9.68 Å². The number of nitrogens with two attached hydrogens (primary N) is 1. The average Bonchev–Trinajstić information content (AvgIpc) is 2.79. The van der Waals surface area contributed by atoms with Gasteiger partial charge in [-0.3, -0.25) is 0 Å². The minimum absolute atomic E-state index is 0.0755. The number of anilines is 1.